The maximum absolute atomic E-state index is 14.1. The highest BCUT2D eigenvalue weighted by Gasteiger charge is 2.22. The molecule has 0 heterocycles. The molecule has 1 rings (SSSR count). The van der Waals surface area contributed by atoms with Gasteiger partial charge in [0.05, 0.1) is 13.7 Å². The van der Waals surface area contributed by atoms with Crippen LogP contribution in [0.3, 0.4) is 0 Å². The second-order valence-electron chi connectivity index (χ2n) is 5.38. The molecule has 0 N–H and O–H groups in total. The van der Waals surface area contributed by atoms with Gasteiger partial charge in [-0.3, -0.25) is 0 Å². The Morgan fingerprint density at radius 2 is 2.00 bits per heavy atom. The molecule has 0 bridgehead atoms. The Hall–Kier alpha value is -1.49. The highest BCUT2D eigenvalue weighted by Crippen LogP contribution is 2.28. The number of benzene rings is 1. The van der Waals surface area contributed by atoms with Crippen molar-refractivity contribution in [1.29, 1.82) is 0 Å². The van der Waals surface area contributed by atoms with Gasteiger partial charge in [-0.1, -0.05) is 11.6 Å². The van der Waals surface area contributed by atoms with Gasteiger partial charge in [0.25, 0.3) is 0 Å². The van der Waals surface area contributed by atoms with Gasteiger partial charge in [0.2, 0.25) is 0 Å². The molecule has 1 aromatic carbocycles. The van der Waals surface area contributed by atoms with Crippen LogP contribution in [0, 0.1) is 5.82 Å². The third-order valence-electron chi connectivity index (χ3n) is 2.47. The van der Waals surface area contributed by atoms with Crippen molar-refractivity contribution in [2.45, 2.75) is 32.9 Å². The minimum Gasteiger partial charge on any atom is -0.494 e. The molecule has 0 aromatic heterocycles. The molecule has 0 aliphatic rings. The van der Waals surface area contributed by atoms with Crippen molar-refractivity contribution >= 4 is 17.7 Å². The first-order valence-corrected chi connectivity index (χ1v) is 6.48. The Bertz CT molecular complexity index is 500. The molecule has 0 aliphatic carbocycles. The van der Waals surface area contributed by atoms with Crippen LogP contribution in [0.15, 0.2) is 12.1 Å². The molecular formula is C14H19ClFNO3. The summed E-state index contributed by atoms with van der Waals surface area (Å²) in [7, 11) is 2.89. The number of carbonyl (C=O) groups is 1. The Morgan fingerprint density at radius 1 is 1.40 bits per heavy atom. The Balaban J connectivity index is 2.91. The molecule has 1 aromatic rings. The van der Waals surface area contributed by atoms with Crippen LogP contribution in [-0.4, -0.2) is 30.8 Å². The van der Waals surface area contributed by atoms with Crippen LogP contribution in [0.1, 0.15) is 26.3 Å². The highest BCUT2D eigenvalue weighted by atomic mass is 35.5. The van der Waals surface area contributed by atoms with Crippen LogP contribution < -0.4 is 4.74 Å². The fourth-order valence-electron chi connectivity index (χ4n) is 1.52. The average Bonchev–Trinajstić information content (AvgIpc) is 2.32. The van der Waals surface area contributed by atoms with E-state index in [-0.39, 0.29) is 22.9 Å². The first kappa shape index (κ1) is 16.6. The van der Waals surface area contributed by atoms with Gasteiger partial charge in [0, 0.05) is 17.6 Å². The predicted molar refractivity (Wildman–Crippen MR) is 75.7 cm³/mol. The van der Waals surface area contributed by atoms with Gasteiger partial charge in [-0.05, 0) is 32.9 Å². The largest absolute Gasteiger partial charge is 0.494 e. The Labute approximate surface area is 123 Å². The molecule has 20 heavy (non-hydrogen) atoms. The van der Waals surface area contributed by atoms with Crippen LogP contribution in [0.4, 0.5) is 9.18 Å². The van der Waals surface area contributed by atoms with Gasteiger partial charge in [0.15, 0.2) is 11.6 Å². The van der Waals surface area contributed by atoms with Crippen molar-refractivity contribution in [2.24, 2.45) is 0 Å². The maximum atomic E-state index is 14.1. The summed E-state index contributed by atoms with van der Waals surface area (Å²) in [6.45, 7) is 5.28. The van der Waals surface area contributed by atoms with Crippen molar-refractivity contribution in [3.05, 3.63) is 28.5 Å². The van der Waals surface area contributed by atoms with E-state index < -0.39 is 17.5 Å². The summed E-state index contributed by atoms with van der Waals surface area (Å²) < 4.78 is 24.2. The van der Waals surface area contributed by atoms with E-state index in [1.165, 1.54) is 31.2 Å². The number of rotatable bonds is 3. The van der Waals surface area contributed by atoms with Crippen LogP contribution in [0.5, 0.6) is 5.75 Å². The average molecular weight is 304 g/mol. The summed E-state index contributed by atoms with van der Waals surface area (Å²) in [6.07, 6.45) is -0.546. The fraction of sp³-hybridized carbons (Fsp3) is 0.500. The van der Waals surface area contributed by atoms with Gasteiger partial charge in [-0.15, -0.1) is 0 Å². The number of halogens is 2. The van der Waals surface area contributed by atoms with Crippen LogP contribution >= 0.6 is 11.6 Å². The summed E-state index contributed by atoms with van der Waals surface area (Å²) in [5, 5.41) is 0.235. The second kappa shape index (κ2) is 6.31. The first-order valence-electron chi connectivity index (χ1n) is 6.10. The quantitative estimate of drug-likeness (QED) is 0.851. The number of nitrogens with zero attached hydrogens (tertiary/aromatic N) is 1. The Morgan fingerprint density at radius 3 is 2.50 bits per heavy atom. The molecule has 0 unspecified atom stereocenters. The van der Waals surface area contributed by atoms with E-state index >= 15 is 0 Å². The zero-order chi connectivity index (χ0) is 15.5. The molecule has 0 aliphatic heterocycles. The summed E-state index contributed by atoms with van der Waals surface area (Å²) >= 11 is 5.97. The molecule has 0 atom stereocenters. The smallest absolute Gasteiger partial charge is 0.410 e. The number of carbonyl (C=O) groups excluding carboxylic acids is 1. The van der Waals surface area contributed by atoms with Crippen LogP contribution in [0.25, 0.3) is 0 Å². The number of hydrogen-bond donors (Lipinski definition) is 0. The predicted octanol–water partition coefficient (Wildman–Crippen LogP) is 3.85. The van der Waals surface area contributed by atoms with E-state index in [2.05, 4.69) is 0 Å². The highest BCUT2D eigenvalue weighted by molar-refractivity contribution is 6.31. The zero-order valence-corrected chi connectivity index (χ0v) is 13.0. The summed E-state index contributed by atoms with van der Waals surface area (Å²) in [6, 6.07) is 2.97. The van der Waals surface area contributed by atoms with Crippen molar-refractivity contribution in [1.82, 2.24) is 4.90 Å². The molecule has 0 radical (unpaired) electrons. The minimum absolute atomic E-state index is 0.00319. The summed E-state index contributed by atoms with van der Waals surface area (Å²) in [5.74, 6) is -0.489. The molecule has 1 amide bonds. The lowest BCUT2D eigenvalue weighted by atomic mass is 10.2. The van der Waals surface area contributed by atoms with E-state index in [9.17, 15) is 9.18 Å². The molecule has 112 valence electrons. The SMILES string of the molecule is COc1ccc(Cl)c(CN(C)C(=O)OC(C)(C)C)c1F. The standard InChI is InChI=1S/C14H19ClFNO3/c1-14(2,3)20-13(18)17(4)8-9-10(15)6-7-11(19-5)12(9)16/h6-7H,8H2,1-5H3. The lowest BCUT2D eigenvalue weighted by Crippen LogP contribution is -2.34. The normalized spacial score (nSPS) is 11.2. The molecular weight excluding hydrogens is 285 g/mol. The number of amides is 1. The molecule has 0 fully saturated rings. The van der Waals surface area contributed by atoms with E-state index in [1.54, 1.807) is 20.8 Å². The molecule has 4 nitrogen and oxygen atoms in total. The lowest BCUT2D eigenvalue weighted by molar-refractivity contribution is 0.0283. The molecule has 6 heteroatoms. The monoisotopic (exact) mass is 303 g/mol. The van der Waals surface area contributed by atoms with Gasteiger partial charge >= 0.3 is 6.09 Å². The van der Waals surface area contributed by atoms with Crippen LogP contribution in [0.2, 0.25) is 5.02 Å². The number of methoxy groups -OCH3 is 1. The third-order valence-corrected chi connectivity index (χ3v) is 2.83. The van der Waals surface area contributed by atoms with Crippen molar-refractivity contribution < 1.29 is 18.7 Å². The van der Waals surface area contributed by atoms with Crippen LogP contribution in [-0.2, 0) is 11.3 Å². The van der Waals surface area contributed by atoms with Crippen molar-refractivity contribution in [2.75, 3.05) is 14.2 Å². The fourth-order valence-corrected chi connectivity index (χ4v) is 1.73. The lowest BCUT2D eigenvalue weighted by Gasteiger charge is -2.25. The van der Waals surface area contributed by atoms with E-state index in [0.717, 1.165) is 0 Å². The topological polar surface area (TPSA) is 38.8 Å². The van der Waals surface area contributed by atoms with Crippen molar-refractivity contribution in [3.63, 3.8) is 0 Å². The van der Waals surface area contributed by atoms with Gasteiger partial charge < -0.3 is 14.4 Å². The van der Waals surface area contributed by atoms with E-state index in [1.807, 2.05) is 0 Å². The summed E-state index contributed by atoms with van der Waals surface area (Å²) in [5.41, 5.74) is -0.415. The molecule has 0 saturated carbocycles. The third kappa shape index (κ3) is 4.27. The second-order valence-corrected chi connectivity index (χ2v) is 5.79. The Kier molecular flexibility index (Phi) is 5.22. The summed E-state index contributed by atoms with van der Waals surface area (Å²) in [4.78, 5) is 13.1. The van der Waals surface area contributed by atoms with Gasteiger partial charge in [0.1, 0.15) is 5.60 Å². The van der Waals surface area contributed by atoms with Gasteiger partial charge in [-0.25, -0.2) is 9.18 Å². The minimum atomic E-state index is -0.609. The number of ether oxygens (including phenoxy) is 2. The molecule has 0 spiro atoms. The first-order chi connectivity index (χ1) is 9.15. The maximum Gasteiger partial charge on any atom is 0.410 e. The van der Waals surface area contributed by atoms with Crippen molar-refractivity contribution in [3.8, 4) is 5.75 Å². The van der Waals surface area contributed by atoms with Gasteiger partial charge in [-0.2, -0.15) is 0 Å². The number of hydrogen-bond acceptors (Lipinski definition) is 3. The zero-order valence-electron chi connectivity index (χ0n) is 12.3. The molecule has 0 saturated heterocycles. The van der Waals surface area contributed by atoms with E-state index in [4.69, 9.17) is 21.1 Å². The van der Waals surface area contributed by atoms with E-state index in [0.29, 0.717) is 0 Å².